The van der Waals surface area contributed by atoms with Gasteiger partial charge in [-0.1, -0.05) is 59.8 Å². The summed E-state index contributed by atoms with van der Waals surface area (Å²) in [4.78, 5) is 43.5. The van der Waals surface area contributed by atoms with Crippen molar-refractivity contribution in [3.05, 3.63) is 70.0 Å². The van der Waals surface area contributed by atoms with Gasteiger partial charge in [-0.05, 0) is 37.8 Å². The van der Waals surface area contributed by atoms with Gasteiger partial charge >= 0.3 is 0 Å². The van der Waals surface area contributed by atoms with Crippen molar-refractivity contribution in [2.45, 2.75) is 57.0 Å². The predicted molar refractivity (Wildman–Crippen MR) is 156 cm³/mol. The molecule has 2 amide bonds. The number of benzene rings is 2. The summed E-state index contributed by atoms with van der Waals surface area (Å²) in [5.41, 5.74) is 2.72. The first-order valence-electron chi connectivity index (χ1n) is 13.2. The summed E-state index contributed by atoms with van der Waals surface area (Å²) in [5, 5.41) is 7.30. The van der Waals surface area contributed by atoms with Gasteiger partial charge in [-0.2, -0.15) is 0 Å². The maximum atomic E-state index is 13.6. The van der Waals surface area contributed by atoms with E-state index >= 15 is 0 Å². The van der Waals surface area contributed by atoms with Crippen LogP contribution in [-0.4, -0.2) is 46.4 Å². The molecule has 2 N–H and O–H groups in total. The van der Waals surface area contributed by atoms with Gasteiger partial charge in [-0.15, -0.1) is 11.3 Å². The third-order valence-electron chi connectivity index (χ3n) is 6.73. The molecule has 0 bridgehead atoms. The van der Waals surface area contributed by atoms with Crippen molar-refractivity contribution in [3.63, 3.8) is 0 Å². The number of rotatable bonds is 11. The van der Waals surface area contributed by atoms with Gasteiger partial charge in [0.2, 0.25) is 11.8 Å². The van der Waals surface area contributed by atoms with E-state index in [2.05, 4.69) is 10.6 Å². The number of nitrogens with one attached hydrogen (secondary N) is 2. The lowest BCUT2D eigenvalue weighted by Gasteiger charge is -2.13. The van der Waals surface area contributed by atoms with Crippen molar-refractivity contribution >= 4 is 55.2 Å². The van der Waals surface area contributed by atoms with Crippen molar-refractivity contribution in [2.24, 2.45) is 0 Å². The minimum atomic E-state index is -0.136. The Labute approximate surface area is 235 Å². The van der Waals surface area contributed by atoms with E-state index in [1.54, 1.807) is 4.57 Å². The van der Waals surface area contributed by atoms with E-state index in [1.165, 1.54) is 28.7 Å². The van der Waals surface area contributed by atoms with Crippen LogP contribution in [-0.2, 0) is 27.4 Å². The number of hydrogen-bond acceptors (Lipinski definition) is 7. The van der Waals surface area contributed by atoms with Crippen molar-refractivity contribution in [3.8, 4) is 0 Å². The van der Waals surface area contributed by atoms with E-state index in [9.17, 15) is 14.4 Å². The first-order valence-corrected chi connectivity index (χ1v) is 15.0. The van der Waals surface area contributed by atoms with Crippen LogP contribution in [0.5, 0.6) is 0 Å². The van der Waals surface area contributed by atoms with Gasteiger partial charge in [0.15, 0.2) is 5.16 Å². The fraction of sp³-hybridized carbons (Fsp3) is 0.379. The zero-order valence-corrected chi connectivity index (χ0v) is 23.5. The lowest BCUT2D eigenvalue weighted by Crippen LogP contribution is -2.32. The minimum Gasteiger partial charge on any atom is -0.376 e. The Morgan fingerprint density at radius 2 is 1.95 bits per heavy atom. The summed E-state index contributed by atoms with van der Waals surface area (Å²) in [6.07, 6.45) is 2.88. The molecule has 1 aliphatic heterocycles. The molecular weight excluding hydrogens is 532 g/mol. The van der Waals surface area contributed by atoms with Crippen LogP contribution >= 0.6 is 23.1 Å². The van der Waals surface area contributed by atoms with Crippen molar-refractivity contribution in [1.29, 1.82) is 0 Å². The number of carbonyl (C=O) groups excluding carboxylic acids is 2. The summed E-state index contributed by atoms with van der Waals surface area (Å²) in [7, 11) is 0. The first kappa shape index (κ1) is 27.4. The zero-order chi connectivity index (χ0) is 27.2. The molecule has 0 unspecified atom stereocenters. The van der Waals surface area contributed by atoms with Crippen LogP contribution in [0, 0.1) is 6.92 Å². The van der Waals surface area contributed by atoms with Crippen LogP contribution in [0.1, 0.15) is 36.8 Å². The maximum Gasteiger partial charge on any atom is 0.272 e. The molecule has 0 aliphatic carbocycles. The summed E-state index contributed by atoms with van der Waals surface area (Å²) in [5.74, 6) is -0.0578. The Balaban J connectivity index is 1.28. The van der Waals surface area contributed by atoms with Crippen molar-refractivity contribution in [1.82, 2.24) is 20.2 Å². The van der Waals surface area contributed by atoms with Crippen LogP contribution in [0.25, 0.3) is 20.3 Å². The first-order chi connectivity index (χ1) is 19.0. The van der Waals surface area contributed by atoms with E-state index in [4.69, 9.17) is 9.72 Å². The number of amides is 2. The maximum absolute atomic E-state index is 13.6. The monoisotopic (exact) mass is 564 g/mol. The highest BCUT2D eigenvalue weighted by Gasteiger charge is 2.19. The largest absolute Gasteiger partial charge is 0.376 e. The quantitative estimate of drug-likeness (QED) is 0.207. The molecule has 5 rings (SSSR count). The summed E-state index contributed by atoms with van der Waals surface area (Å²) in [6, 6.07) is 15.8. The van der Waals surface area contributed by atoms with Gasteiger partial charge in [0.1, 0.15) is 4.70 Å². The molecule has 39 heavy (non-hydrogen) atoms. The van der Waals surface area contributed by atoms with E-state index in [0.717, 1.165) is 35.1 Å². The third kappa shape index (κ3) is 6.87. The minimum absolute atomic E-state index is 0.0564. The Kier molecular flexibility index (Phi) is 8.95. The molecule has 1 atom stereocenters. The van der Waals surface area contributed by atoms with Gasteiger partial charge in [-0.3, -0.25) is 19.0 Å². The number of carbonyl (C=O) groups is 2. The van der Waals surface area contributed by atoms with Gasteiger partial charge in [0.05, 0.1) is 17.4 Å². The molecule has 2 aromatic heterocycles. The highest BCUT2D eigenvalue weighted by Crippen LogP contribution is 2.31. The Morgan fingerprint density at radius 3 is 2.74 bits per heavy atom. The highest BCUT2D eigenvalue weighted by molar-refractivity contribution is 7.99. The number of aryl methyl sites for hydroxylation is 1. The SMILES string of the molecule is Cc1ccc(CNC(=O)CSc2nc3c(sc4ccccc43)c(=O)n2CCCC(=O)NC[C@@H]2CCCO2)cc1. The molecule has 1 aliphatic rings. The van der Waals surface area contributed by atoms with Crippen molar-refractivity contribution in [2.75, 3.05) is 18.9 Å². The topological polar surface area (TPSA) is 102 Å². The molecule has 204 valence electrons. The summed E-state index contributed by atoms with van der Waals surface area (Å²) in [6.45, 7) is 4.08. The van der Waals surface area contributed by atoms with Gasteiger partial charge in [0.25, 0.3) is 5.56 Å². The standard InChI is InChI=1S/C29H32N4O4S2/c1-19-10-12-20(13-11-19)16-30-25(35)18-38-29-32-26-22-7-2-3-8-23(22)39-27(26)28(36)33(29)14-4-9-24(34)31-17-21-6-5-15-37-21/h2-3,7-8,10-13,21H,4-6,9,14-18H2,1H3,(H,30,35)(H,31,34)/t21-/m0/s1. The fourth-order valence-electron chi connectivity index (χ4n) is 4.57. The molecule has 4 aromatic rings. The molecule has 8 nitrogen and oxygen atoms in total. The normalized spacial score (nSPS) is 15.2. The highest BCUT2D eigenvalue weighted by atomic mass is 32.2. The second kappa shape index (κ2) is 12.8. The summed E-state index contributed by atoms with van der Waals surface area (Å²) >= 11 is 2.67. The lowest BCUT2D eigenvalue weighted by atomic mass is 10.1. The van der Waals surface area contributed by atoms with Crippen LogP contribution in [0.3, 0.4) is 0 Å². The van der Waals surface area contributed by atoms with E-state index < -0.39 is 0 Å². The van der Waals surface area contributed by atoms with Gasteiger partial charge < -0.3 is 15.4 Å². The van der Waals surface area contributed by atoms with Crippen LogP contribution in [0.2, 0.25) is 0 Å². The second-order valence-corrected chi connectivity index (χ2v) is 11.7. The van der Waals surface area contributed by atoms with Crippen molar-refractivity contribution < 1.29 is 14.3 Å². The predicted octanol–water partition coefficient (Wildman–Crippen LogP) is 4.40. The summed E-state index contributed by atoms with van der Waals surface area (Å²) < 4.78 is 8.76. The molecule has 3 heterocycles. The Morgan fingerprint density at radius 1 is 1.13 bits per heavy atom. The molecule has 10 heteroatoms. The molecule has 0 saturated carbocycles. The number of ether oxygens (including phenoxy) is 1. The van der Waals surface area contributed by atoms with Crippen LogP contribution in [0.4, 0.5) is 0 Å². The van der Waals surface area contributed by atoms with Gasteiger partial charge in [0, 0.05) is 42.7 Å². The van der Waals surface area contributed by atoms with E-state index in [0.29, 0.717) is 47.8 Å². The number of thioether (sulfide) groups is 1. The number of fused-ring (bicyclic) bond motifs is 3. The number of nitrogens with zero attached hydrogens (tertiary/aromatic N) is 2. The third-order valence-corrected chi connectivity index (χ3v) is 8.85. The van der Waals surface area contributed by atoms with Crippen LogP contribution in [0.15, 0.2) is 58.5 Å². The second-order valence-electron chi connectivity index (χ2n) is 9.72. The number of aromatic nitrogens is 2. The van der Waals surface area contributed by atoms with Gasteiger partial charge in [-0.25, -0.2) is 4.98 Å². The molecular formula is C29H32N4O4S2. The number of hydrogen-bond donors (Lipinski definition) is 2. The van der Waals surface area contributed by atoms with Crippen LogP contribution < -0.4 is 16.2 Å². The van der Waals surface area contributed by atoms with E-state index in [1.807, 2.05) is 55.5 Å². The molecule has 0 radical (unpaired) electrons. The molecule has 1 saturated heterocycles. The Hall–Kier alpha value is -3.21. The smallest absolute Gasteiger partial charge is 0.272 e. The van der Waals surface area contributed by atoms with E-state index in [-0.39, 0.29) is 29.2 Å². The average molecular weight is 565 g/mol. The fourth-order valence-corrected chi connectivity index (χ4v) is 6.51. The lowest BCUT2D eigenvalue weighted by molar-refractivity contribution is -0.121. The number of thiophene rings is 1. The molecule has 2 aromatic carbocycles. The zero-order valence-electron chi connectivity index (χ0n) is 21.9. The molecule has 1 fully saturated rings. The Bertz CT molecular complexity index is 1520. The molecule has 0 spiro atoms. The average Bonchev–Trinajstić information content (AvgIpc) is 3.60.